The molecule has 4 aromatic rings. The molecule has 0 bridgehead atoms. The predicted octanol–water partition coefficient (Wildman–Crippen LogP) is 3.33. The van der Waals surface area contributed by atoms with E-state index >= 15 is 0 Å². The van der Waals surface area contributed by atoms with Gasteiger partial charge in [-0.25, -0.2) is 14.0 Å². The quantitative estimate of drug-likeness (QED) is 0.315. The molecule has 0 amide bonds. The number of hydrogen-bond donors (Lipinski definition) is 4. The van der Waals surface area contributed by atoms with Gasteiger partial charge in [-0.15, -0.1) is 0 Å². The summed E-state index contributed by atoms with van der Waals surface area (Å²) in [4.78, 5) is 9.36. The Balaban J connectivity index is 1.62. The van der Waals surface area contributed by atoms with Crippen molar-refractivity contribution < 1.29 is 9.32 Å². The molecule has 2 heterocycles. The molecule has 0 saturated carbocycles. The molecule has 0 aliphatic carbocycles. The van der Waals surface area contributed by atoms with Gasteiger partial charge in [-0.2, -0.15) is 10.1 Å². The number of aromatic nitrogens is 4. The van der Waals surface area contributed by atoms with Crippen molar-refractivity contribution in [2.24, 2.45) is 7.05 Å². The van der Waals surface area contributed by atoms with E-state index in [1.165, 1.54) is 6.26 Å². The van der Waals surface area contributed by atoms with E-state index in [1.54, 1.807) is 35.1 Å². The van der Waals surface area contributed by atoms with Crippen molar-refractivity contribution in [2.45, 2.75) is 17.9 Å². The number of fused-ring (bicyclic) bond motifs is 1. The van der Waals surface area contributed by atoms with E-state index in [0.717, 1.165) is 16.5 Å². The second-order valence-corrected chi connectivity index (χ2v) is 10.1. The van der Waals surface area contributed by atoms with Crippen LogP contribution in [0.15, 0.2) is 59.8 Å². The Kier molecular flexibility index (Phi) is 6.49. The minimum absolute atomic E-state index is 0.0678. The van der Waals surface area contributed by atoms with Crippen molar-refractivity contribution in [3.63, 3.8) is 0 Å². The van der Waals surface area contributed by atoms with Gasteiger partial charge < -0.3 is 15.7 Å². The lowest BCUT2D eigenvalue weighted by atomic mass is 10.1. The van der Waals surface area contributed by atoms with Crippen molar-refractivity contribution in [3.8, 4) is 11.8 Å². The molecule has 174 valence electrons. The van der Waals surface area contributed by atoms with E-state index in [0.29, 0.717) is 27.9 Å². The van der Waals surface area contributed by atoms with Gasteiger partial charge in [0.1, 0.15) is 5.82 Å². The van der Waals surface area contributed by atoms with Crippen LogP contribution in [0, 0.1) is 16.6 Å². The van der Waals surface area contributed by atoms with Crippen molar-refractivity contribution in [1.82, 2.24) is 19.7 Å². The molecule has 4 N–H and O–H groups in total. The van der Waals surface area contributed by atoms with Crippen LogP contribution in [0.2, 0.25) is 0 Å². The van der Waals surface area contributed by atoms with Crippen LogP contribution in [0.25, 0.3) is 10.9 Å². The number of aliphatic hydroxyl groups is 1. The zero-order valence-corrected chi connectivity index (χ0v) is 19.8. The van der Waals surface area contributed by atoms with Crippen LogP contribution in [-0.4, -0.2) is 48.0 Å². The van der Waals surface area contributed by atoms with E-state index < -0.39 is 9.73 Å². The Hall–Kier alpha value is -3.94. The molecule has 0 fully saturated rings. The van der Waals surface area contributed by atoms with E-state index in [1.807, 2.05) is 38.4 Å². The van der Waals surface area contributed by atoms with Crippen molar-refractivity contribution in [3.05, 3.63) is 66.0 Å². The first kappa shape index (κ1) is 23.2. The van der Waals surface area contributed by atoms with Gasteiger partial charge in [-0.1, -0.05) is 11.8 Å². The molecule has 4 rings (SSSR count). The Morgan fingerprint density at radius 2 is 1.94 bits per heavy atom. The van der Waals surface area contributed by atoms with Crippen molar-refractivity contribution >= 4 is 38.1 Å². The summed E-state index contributed by atoms with van der Waals surface area (Å²) in [5.74, 6) is 7.10. The molecule has 2 atom stereocenters. The fourth-order valence-electron chi connectivity index (χ4n) is 3.21. The second kappa shape index (κ2) is 9.51. The normalized spacial score (nSPS) is 13.5. The highest BCUT2D eigenvalue weighted by atomic mass is 32.2. The summed E-state index contributed by atoms with van der Waals surface area (Å²) in [6.07, 6.45) is 4.81. The Morgan fingerprint density at radius 1 is 1.18 bits per heavy atom. The minimum atomic E-state index is -2.77. The lowest BCUT2D eigenvalue weighted by Crippen LogP contribution is -2.21. The van der Waals surface area contributed by atoms with Crippen LogP contribution in [0.4, 0.5) is 17.5 Å². The monoisotopic (exact) mass is 475 g/mol. The van der Waals surface area contributed by atoms with Gasteiger partial charge in [0, 0.05) is 40.9 Å². The molecule has 2 aromatic heterocycles. The Bertz CT molecular complexity index is 1500. The predicted molar refractivity (Wildman–Crippen MR) is 134 cm³/mol. The molecule has 34 heavy (non-hydrogen) atoms. The number of benzene rings is 2. The molecule has 0 spiro atoms. The first-order chi connectivity index (χ1) is 16.2. The highest BCUT2D eigenvalue weighted by Crippen LogP contribution is 2.20. The third-order valence-corrected chi connectivity index (χ3v) is 6.27. The fraction of sp³-hybridized carbons (Fsp3) is 0.208. The van der Waals surface area contributed by atoms with E-state index in [9.17, 15) is 9.32 Å². The molecular formula is C24H25N7O2S. The first-order valence-corrected chi connectivity index (χ1v) is 12.5. The number of nitrogens with zero attached hydrogens (tertiary/aromatic N) is 4. The van der Waals surface area contributed by atoms with Gasteiger partial charge in [0.2, 0.25) is 5.95 Å². The van der Waals surface area contributed by atoms with Gasteiger partial charge in [-0.3, -0.25) is 4.68 Å². The summed E-state index contributed by atoms with van der Waals surface area (Å²) >= 11 is 0. The summed E-state index contributed by atoms with van der Waals surface area (Å²) in [5.41, 5.74) is 3.11. The van der Waals surface area contributed by atoms with Crippen molar-refractivity contribution in [1.29, 1.82) is 4.78 Å². The van der Waals surface area contributed by atoms with E-state index in [4.69, 9.17) is 4.78 Å². The number of aliphatic hydroxyl groups excluding tert-OH is 1. The Morgan fingerprint density at radius 3 is 2.65 bits per heavy atom. The second-order valence-electron chi connectivity index (χ2n) is 7.97. The molecule has 1 unspecified atom stereocenters. The maximum atomic E-state index is 11.9. The maximum absolute atomic E-state index is 11.9. The summed E-state index contributed by atoms with van der Waals surface area (Å²) in [6, 6.07) is 12.4. The molecular weight excluding hydrogens is 450 g/mol. The average molecular weight is 476 g/mol. The van der Waals surface area contributed by atoms with Crippen LogP contribution >= 0.6 is 0 Å². The van der Waals surface area contributed by atoms with Crippen LogP contribution in [0.3, 0.4) is 0 Å². The Labute approximate surface area is 198 Å². The number of anilines is 3. The molecule has 9 nitrogen and oxygen atoms in total. The number of hydrogen-bond acceptors (Lipinski definition) is 8. The SMILES string of the molecule is C[C@H](CO)Nc1nc(Nc2ccc(S(C)(=N)=O)cc2)ncc1C#Cc1ccc2cnn(C)c2c1. The molecule has 10 heteroatoms. The molecule has 2 aromatic carbocycles. The molecule has 0 radical (unpaired) electrons. The van der Waals surface area contributed by atoms with E-state index in [2.05, 4.69) is 37.5 Å². The van der Waals surface area contributed by atoms with Gasteiger partial charge >= 0.3 is 0 Å². The van der Waals surface area contributed by atoms with Crippen LogP contribution in [0.5, 0.6) is 0 Å². The van der Waals surface area contributed by atoms with Gasteiger partial charge in [0.15, 0.2) is 0 Å². The largest absolute Gasteiger partial charge is 0.394 e. The lowest BCUT2D eigenvalue weighted by Gasteiger charge is -2.14. The number of aryl methyl sites for hydroxylation is 1. The van der Waals surface area contributed by atoms with Crippen LogP contribution in [0.1, 0.15) is 18.1 Å². The third kappa shape index (κ3) is 5.33. The first-order valence-electron chi connectivity index (χ1n) is 10.5. The maximum Gasteiger partial charge on any atom is 0.229 e. The summed E-state index contributed by atoms with van der Waals surface area (Å²) < 4.78 is 21.4. The van der Waals surface area contributed by atoms with Gasteiger partial charge in [0.25, 0.3) is 0 Å². The number of rotatable bonds is 6. The minimum Gasteiger partial charge on any atom is -0.394 e. The standard InChI is InChI=1S/C24H25N7O2S/c1-16(15-32)28-23-19(7-5-17-4-6-18-14-27-31(2)22(18)12-17)13-26-24(30-23)29-20-8-10-21(11-9-20)34(3,25)33/h4,6,8-14,16,25,32H,15H2,1-3H3,(H2,26,28,29,30)/t16-,34?/m1/s1. The van der Waals surface area contributed by atoms with Crippen LogP contribution in [-0.2, 0) is 16.8 Å². The highest BCUT2D eigenvalue weighted by molar-refractivity contribution is 7.91. The number of nitrogens with one attached hydrogen (secondary N) is 3. The average Bonchev–Trinajstić information content (AvgIpc) is 3.18. The zero-order chi connectivity index (χ0) is 24.3. The highest BCUT2D eigenvalue weighted by Gasteiger charge is 2.10. The van der Waals surface area contributed by atoms with Gasteiger partial charge in [0.05, 0.1) is 39.8 Å². The summed E-state index contributed by atoms with van der Waals surface area (Å²) in [7, 11) is -0.887. The zero-order valence-electron chi connectivity index (χ0n) is 19.0. The van der Waals surface area contributed by atoms with Crippen LogP contribution < -0.4 is 10.6 Å². The smallest absolute Gasteiger partial charge is 0.229 e. The third-order valence-electron chi connectivity index (χ3n) is 5.10. The topological polar surface area (TPSA) is 129 Å². The molecule has 0 aliphatic heterocycles. The lowest BCUT2D eigenvalue weighted by molar-refractivity contribution is 0.281. The molecule has 0 saturated heterocycles. The summed E-state index contributed by atoms with van der Waals surface area (Å²) in [5, 5.41) is 21.1. The molecule has 0 aliphatic rings. The fourth-order valence-corrected chi connectivity index (χ4v) is 3.87. The van der Waals surface area contributed by atoms with Crippen molar-refractivity contribution in [2.75, 3.05) is 23.5 Å². The van der Waals surface area contributed by atoms with Gasteiger partial charge in [-0.05, 0) is 49.4 Å². The summed E-state index contributed by atoms with van der Waals surface area (Å²) in [6.45, 7) is 1.77. The van der Waals surface area contributed by atoms with E-state index in [-0.39, 0.29) is 12.6 Å².